The topological polar surface area (TPSA) is 74.2 Å². The highest BCUT2D eigenvalue weighted by Gasteiger charge is 2.19. The van der Waals surface area contributed by atoms with Crippen LogP contribution in [0.3, 0.4) is 0 Å². The number of pyridine rings is 1. The molecule has 2 aromatic heterocycles. The van der Waals surface area contributed by atoms with E-state index in [1.807, 2.05) is 12.1 Å². The van der Waals surface area contributed by atoms with Gasteiger partial charge in [-0.3, -0.25) is 9.78 Å². The molecule has 1 fully saturated rings. The van der Waals surface area contributed by atoms with Crippen LogP contribution < -0.4 is 15.1 Å². The van der Waals surface area contributed by atoms with Crippen LogP contribution in [0.4, 0.5) is 15.9 Å². The Labute approximate surface area is 168 Å². The van der Waals surface area contributed by atoms with Gasteiger partial charge in [0.1, 0.15) is 23.7 Å². The lowest BCUT2D eigenvalue weighted by molar-refractivity contribution is 0.0945. The van der Waals surface area contributed by atoms with E-state index in [-0.39, 0.29) is 11.7 Å². The minimum absolute atomic E-state index is 0.234. The van der Waals surface area contributed by atoms with E-state index in [0.29, 0.717) is 12.2 Å². The maximum atomic E-state index is 13.1. The third-order valence-corrected chi connectivity index (χ3v) is 4.86. The Morgan fingerprint density at radius 1 is 1.03 bits per heavy atom. The zero-order valence-electron chi connectivity index (χ0n) is 15.8. The van der Waals surface area contributed by atoms with Gasteiger partial charge < -0.3 is 15.1 Å². The van der Waals surface area contributed by atoms with Crippen molar-refractivity contribution in [2.75, 3.05) is 36.0 Å². The standard InChI is InChI=1S/C21H21FN6O/c22-17-3-5-18(6-4-17)27-8-10-28(11-9-27)20-12-19(25-15-26-20)21(29)24-14-16-2-1-7-23-13-16/h1-7,12-13,15H,8-11,14H2,(H,24,29). The van der Waals surface area contributed by atoms with Crippen molar-refractivity contribution in [1.29, 1.82) is 0 Å². The van der Waals surface area contributed by atoms with Gasteiger partial charge in [-0.25, -0.2) is 14.4 Å². The Kier molecular flexibility index (Phi) is 5.60. The van der Waals surface area contributed by atoms with Gasteiger partial charge in [0.25, 0.3) is 5.91 Å². The fourth-order valence-corrected chi connectivity index (χ4v) is 3.27. The largest absolute Gasteiger partial charge is 0.368 e. The number of aromatic nitrogens is 3. The molecular weight excluding hydrogens is 371 g/mol. The molecule has 0 bridgehead atoms. The summed E-state index contributed by atoms with van der Waals surface area (Å²) in [5.74, 6) is 0.246. The first-order valence-corrected chi connectivity index (χ1v) is 9.44. The van der Waals surface area contributed by atoms with Gasteiger partial charge in [-0.2, -0.15) is 0 Å². The number of hydrogen-bond acceptors (Lipinski definition) is 6. The Bertz CT molecular complexity index is 958. The summed E-state index contributed by atoms with van der Waals surface area (Å²) in [6, 6.07) is 12.0. The van der Waals surface area contributed by atoms with Crippen LogP contribution in [0.15, 0.2) is 61.2 Å². The van der Waals surface area contributed by atoms with Crippen LogP contribution >= 0.6 is 0 Å². The van der Waals surface area contributed by atoms with E-state index in [1.165, 1.54) is 18.5 Å². The van der Waals surface area contributed by atoms with E-state index in [2.05, 4.69) is 30.1 Å². The van der Waals surface area contributed by atoms with Gasteiger partial charge in [-0.05, 0) is 35.9 Å². The Hall–Kier alpha value is -3.55. The number of piperazine rings is 1. The number of halogens is 1. The van der Waals surface area contributed by atoms with Crippen LogP contribution in [-0.4, -0.2) is 47.0 Å². The second-order valence-corrected chi connectivity index (χ2v) is 6.76. The molecule has 0 radical (unpaired) electrons. The number of amides is 1. The minimum atomic E-state index is -0.248. The van der Waals surface area contributed by atoms with Crippen molar-refractivity contribution in [1.82, 2.24) is 20.3 Å². The van der Waals surface area contributed by atoms with Crippen LogP contribution in [0.25, 0.3) is 0 Å². The lowest BCUT2D eigenvalue weighted by Crippen LogP contribution is -2.47. The summed E-state index contributed by atoms with van der Waals surface area (Å²) < 4.78 is 13.1. The monoisotopic (exact) mass is 392 g/mol. The molecule has 0 spiro atoms. The second-order valence-electron chi connectivity index (χ2n) is 6.76. The smallest absolute Gasteiger partial charge is 0.270 e. The number of hydrogen-bond donors (Lipinski definition) is 1. The molecule has 0 aliphatic carbocycles. The maximum absolute atomic E-state index is 13.1. The maximum Gasteiger partial charge on any atom is 0.270 e. The highest BCUT2D eigenvalue weighted by molar-refractivity contribution is 5.92. The van der Waals surface area contributed by atoms with E-state index < -0.39 is 0 Å². The summed E-state index contributed by atoms with van der Waals surface area (Å²) in [4.78, 5) is 29.2. The van der Waals surface area contributed by atoms with Crippen LogP contribution in [0.2, 0.25) is 0 Å². The van der Waals surface area contributed by atoms with E-state index in [9.17, 15) is 9.18 Å². The summed E-state index contributed by atoms with van der Waals surface area (Å²) in [5, 5.41) is 2.85. The van der Waals surface area contributed by atoms with Gasteiger partial charge in [-0.15, -0.1) is 0 Å². The number of carbonyl (C=O) groups is 1. The summed E-state index contributed by atoms with van der Waals surface area (Å²) in [6.07, 6.45) is 4.82. The lowest BCUT2D eigenvalue weighted by atomic mass is 10.2. The normalized spacial score (nSPS) is 14.0. The second kappa shape index (κ2) is 8.64. The van der Waals surface area contributed by atoms with Crippen molar-refractivity contribution in [3.63, 3.8) is 0 Å². The first-order valence-electron chi connectivity index (χ1n) is 9.44. The van der Waals surface area contributed by atoms with Gasteiger partial charge in [0, 0.05) is 56.9 Å². The molecule has 1 saturated heterocycles. The summed E-state index contributed by atoms with van der Waals surface area (Å²) in [5.41, 5.74) is 2.26. The molecule has 3 heterocycles. The van der Waals surface area contributed by atoms with Gasteiger partial charge in [0.15, 0.2) is 0 Å². The molecule has 0 saturated carbocycles. The fourth-order valence-electron chi connectivity index (χ4n) is 3.27. The molecule has 1 aliphatic rings. The van der Waals surface area contributed by atoms with Crippen molar-refractivity contribution < 1.29 is 9.18 Å². The zero-order valence-corrected chi connectivity index (χ0v) is 15.8. The average molecular weight is 392 g/mol. The first-order chi connectivity index (χ1) is 14.2. The number of anilines is 2. The van der Waals surface area contributed by atoms with Crippen LogP contribution in [-0.2, 0) is 6.54 Å². The SMILES string of the molecule is O=C(NCc1cccnc1)c1cc(N2CCN(c3ccc(F)cc3)CC2)ncn1. The summed E-state index contributed by atoms with van der Waals surface area (Å²) >= 11 is 0. The van der Waals surface area contributed by atoms with E-state index >= 15 is 0 Å². The Morgan fingerprint density at radius 2 is 1.79 bits per heavy atom. The Morgan fingerprint density at radius 3 is 2.52 bits per heavy atom. The fraction of sp³-hybridized carbons (Fsp3) is 0.238. The van der Waals surface area contributed by atoms with Gasteiger partial charge >= 0.3 is 0 Å². The van der Waals surface area contributed by atoms with Crippen LogP contribution in [0, 0.1) is 5.82 Å². The van der Waals surface area contributed by atoms with Crippen molar-refractivity contribution in [3.8, 4) is 0 Å². The third-order valence-electron chi connectivity index (χ3n) is 4.86. The highest BCUT2D eigenvalue weighted by Crippen LogP contribution is 2.19. The molecule has 0 unspecified atom stereocenters. The molecular formula is C21H21FN6O. The lowest BCUT2D eigenvalue weighted by Gasteiger charge is -2.36. The molecule has 8 heteroatoms. The number of nitrogens with zero attached hydrogens (tertiary/aromatic N) is 5. The summed E-state index contributed by atoms with van der Waals surface area (Å²) in [7, 11) is 0. The van der Waals surface area contributed by atoms with Crippen molar-refractivity contribution in [2.24, 2.45) is 0 Å². The van der Waals surface area contributed by atoms with Gasteiger partial charge in [-0.1, -0.05) is 6.07 Å². The van der Waals surface area contributed by atoms with E-state index in [1.54, 1.807) is 30.6 Å². The minimum Gasteiger partial charge on any atom is -0.368 e. The molecule has 4 rings (SSSR count). The first kappa shape index (κ1) is 18.8. The molecule has 148 valence electrons. The predicted molar refractivity (Wildman–Crippen MR) is 108 cm³/mol. The quantitative estimate of drug-likeness (QED) is 0.718. The van der Waals surface area contributed by atoms with Crippen LogP contribution in [0.1, 0.15) is 16.1 Å². The number of nitrogens with one attached hydrogen (secondary N) is 1. The third kappa shape index (κ3) is 4.66. The Balaban J connectivity index is 1.36. The zero-order chi connectivity index (χ0) is 20.1. The van der Waals surface area contributed by atoms with Crippen molar-refractivity contribution >= 4 is 17.4 Å². The molecule has 1 N–H and O–H groups in total. The van der Waals surface area contributed by atoms with Gasteiger partial charge in [0.2, 0.25) is 0 Å². The van der Waals surface area contributed by atoms with Crippen molar-refractivity contribution in [2.45, 2.75) is 6.54 Å². The van der Waals surface area contributed by atoms with E-state index in [4.69, 9.17) is 0 Å². The van der Waals surface area contributed by atoms with E-state index in [0.717, 1.165) is 43.2 Å². The molecule has 1 aliphatic heterocycles. The molecule has 0 atom stereocenters. The molecule has 29 heavy (non-hydrogen) atoms. The summed E-state index contributed by atoms with van der Waals surface area (Å²) in [6.45, 7) is 3.48. The van der Waals surface area contributed by atoms with Crippen molar-refractivity contribution in [3.05, 3.63) is 78.3 Å². The number of rotatable bonds is 5. The molecule has 3 aromatic rings. The molecule has 1 amide bonds. The van der Waals surface area contributed by atoms with Crippen LogP contribution in [0.5, 0.6) is 0 Å². The average Bonchev–Trinajstić information content (AvgIpc) is 2.79. The molecule has 7 nitrogen and oxygen atoms in total. The molecule has 1 aromatic carbocycles. The number of carbonyl (C=O) groups excluding carboxylic acids is 1. The van der Waals surface area contributed by atoms with Gasteiger partial charge in [0.05, 0.1) is 0 Å². The predicted octanol–water partition coefficient (Wildman–Crippen LogP) is 2.27. The number of benzene rings is 1. The highest BCUT2D eigenvalue weighted by atomic mass is 19.1.